The summed E-state index contributed by atoms with van der Waals surface area (Å²) in [6, 6.07) is 6.84. The first-order chi connectivity index (χ1) is 10.7. The number of aromatic nitrogens is 2. The third kappa shape index (κ3) is 3.72. The highest BCUT2D eigenvalue weighted by molar-refractivity contribution is 5.40. The lowest BCUT2D eigenvalue weighted by Gasteiger charge is -2.32. The maximum atomic E-state index is 13.6. The van der Waals surface area contributed by atoms with Gasteiger partial charge in [0.15, 0.2) is 0 Å². The zero-order valence-electron chi connectivity index (χ0n) is 13.1. The van der Waals surface area contributed by atoms with Crippen LogP contribution in [0.25, 0.3) is 5.69 Å². The minimum atomic E-state index is -0.175. The molecule has 0 aliphatic carbocycles. The summed E-state index contributed by atoms with van der Waals surface area (Å²) in [5.74, 6) is -0.175. The van der Waals surface area contributed by atoms with Crippen molar-refractivity contribution in [2.45, 2.75) is 12.8 Å². The Morgan fingerprint density at radius 1 is 1.18 bits per heavy atom. The van der Waals surface area contributed by atoms with Crippen LogP contribution in [0.1, 0.15) is 12.0 Å². The molecule has 4 nitrogen and oxygen atoms in total. The zero-order chi connectivity index (χ0) is 15.4. The van der Waals surface area contributed by atoms with Gasteiger partial charge in [0, 0.05) is 38.6 Å². The molecule has 1 aromatic heterocycles. The van der Waals surface area contributed by atoms with Gasteiger partial charge in [-0.15, -0.1) is 0 Å². The van der Waals surface area contributed by atoms with E-state index in [4.69, 9.17) is 0 Å². The van der Waals surface area contributed by atoms with Crippen LogP contribution in [0.15, 0.2) is 36.7 Å². The van der Waals surface area contributed by atoms with Crippen molar-refractivity contribution in [2.24, 2.45) is 0 Å². The molecule has 0 saturated carbocycles. The largest absolute Gasteiger partial charge is 0.304 e. The Morgan fingerprint density at radius 3 is 2.73 bits per heavy atom. The molecule has 0 atom stereocenters. The maximum absolute atomic E-state index is 13.6. The van der Waals surface area contributed by atoms with Crippen LogP contribution in [0.4, 0.5) is 4.39 Å². The number of aryl methyl sites for hydroxylation is 1. The average molecular weight is 302 g/mol. The molecule has 1 aromatic carbocycles. The number of hydrogen-bond acceptors (Lipinski definition) is 3. The second-order valence-electron chi connectivity index (χ2n) is 5.97. The molecule has 2 aromatic rings. The molecule has 118 valence electrons. The van der Waals surface area contributed by atoms with Gasteiger partial charge in [-0.1, -0.05) is 0 Å². The number of hydrogen-bond donors (Lipinski definition) is 0. The number of rotatable bonds is 5. The van der Waals surface area contributed by atoms with Crippen LogP contribution in [-0.4, -0.2) is 59.4 Å². The molecule has 0 radical (unpaired) electrons. The average Bonchev–Trinajstić information content (AvgIpc) is 3.04. The summed E-state index contributed by atoms with van der Waals surface area (Å²) in [5.41, 5.74) is 2.00. The smallest absolute Gasteiger partial charge is 0.123 e. The lowest BCUT2D eigenvalue weighted by Crippen LogP contribution is -2.44. The molecule has 3 rings (SSSR count). The normalized spacial score (nSPS) is 17.0. The van der Waals surface area contributed by atoms with E-state index in [9.17, 15) is 4.39 Å². The highest BCUT2D eigenvalue weighted by Gasteiger charge is 2.13. The van der Waals surface area contributed by atoms with Crippen molar-refractivity contribution in [3.63, 3.8) is 0 Å². The summed E-state index contributed by atoms with van der Waals surface area (Å²) >= 11 is 0. The highest BCUT2D eigenvalue weighted by atomic mass is 19.1. The van der Waals surface area contributed by atoms with Gasteiger partial charge in [-0.25, -0.2) is 9.07 Å². The fraction of sp³-hybridized carbons (Fsp3) is 0.471. The van der Waals surface area contributed by atoms with Crippen molar-refractivity contribution in [3.8, 4) is 5.69 Å². The van der Waals surface area contributed by atoms with Crippen molar-refractivity contribution >= 4 is 0 Å². The first-order valence-electron chi connectivity index (χ1n) is 7.92. The first-order valence-corrected chi connectivity index (χ1v) is 7.92. The van der Waals surface area contributed by atoms with Gasteiger partial charge in [0.05, 0.1) is 5.69 Å². The van der Waals surface area contributed by atoms with Crippen LogP contribution in [0.3, 0.4) is 0 Å². The van der Waals surface area contributed by atoms with Gasteiger partial charge in [0.1, 0.15) is 5.82 Å². The van der Waals surface area contributed by atoms with Crippen LogP contribution in [0.2, 0.25) is 0 Å². The Balaban J connectivity index is 1.61. The van der Waals surface area contributed by atoms with E-state index < -0.39 is 0 Å². The number of halogens is 1. The number of piperazine rings is 1. The van der Waals surface area contributed by atoms with Crippen LogP contribution < -0.4 is 0 Å². The van der Waals surface area contributed by atoms with E-state index in [1.165, 1.54) is 6.07 Å². The molecule has 0 spiro atoms. The lowest BCUT2D eigenvalue weighted by molar-refractivity contribution is 0.153. The number of likely N-dealkylation sites (N-methyl/N-ethyl adjacent to an activating group) is 1. The second-order valence-corrected chi connectivity index (χ2v) is 5.97. The molecule has 0 N–H and O–H groups in total. The van der Waals surface area contributed by atoms with Crippen molar-refractivity contribution < 1.29 is 4.39 Å². The molecule has 1 aliphatic heterocycles. The molecule has 1 aliphatic rings. The van der Waals surface area contributed by atoms with Crippen molar-refractivity contribution in [2.75, 3.05) is 39.8 Å². The standard InChI is InChI=1S/C17H23FN4/c1-20-10-12-21(13-11-20)8-2-4-15-14-16(18)5-6-17(15)22-9-3-7-19-22/h3,5-7,9,14H,2,4,8,10-13H2,1H3. The van der Waals surface area contributed by atoms with Crippen molar-refractivity contribution in [3.05, 3.63) is 48.0 Å². The molecular weight excluding hydrogens is 279 g/mol. The fourth-order valence-electron chi connectivity index (χ4n) is 2.95. The van der Waals surface area contributed by atoms with E-state index in [2.05, 4.69) is 21.9 Å². The zero-order valence-corrected chi connectivity index (χ0v) is 13.1. The van der Waals surface area contributed by atoms with E-state index in [1.54, 1.807) is 12.3 Å². The van der Waals surface area contributed by atoms with Gasteiger partial charge in [0.25, 0.3) is 0 Å². The molecule has 0 bridgehead atoms. The lowest BCUT2D eigenvalue weighted by atomic mass is 10.1. The van der Waals surface area contributed by atoms with E-state index in [-0.39, 0.29) is 5.82 Å². The van der Waals surface area contributed by atoms with Gasteiger partial charge in [-0.05, 0) is 56.3 Å². The summed E-state index contributed by atoms with van der Waals surface area (Å²) in [7, 11) is 2.17. The summed E-state index contributed by atoms with van der Waals surface area (Å²) in [6.07, 6.45) is 5.56. The summed E-state index contributed by atoms with van der Waals surface area (Å²) < 4.78 is 15.4. The Labute approximate surface area is 131 Å². The summed E-state index contributed by atoms with van der Waals surface area (Å²) in [4.78, 5) is 4.85. The predicted octanol–water partition coefficient (Wildman–Crippen LogP) is 2.19. The molecular formula is C17H23FN4. The van der Waals surface area contributed by atoms with Gasteiger partial charge >= 0.3 is 0 Å². The maximum Gasteiger partial charge on any atom is 0.123 e. The predicted molar refractivity (Wildman–Crippen MR) is 85.8 cm³/mol. The fourth-order valence-corrected chi connectivity index (χ4v) is 2.95. The van der Waals surface area contributed by atoms with Crippen LogP contribution in [0.5, 0.6) is 0 Å². The quantitative estimate of drug-likeness (QED) is 0.846. The van der Waals surface area contributed by atoms with Gasteiger partial charge in [-0.2, -0.15) is 5.10 Å². The molecule has 1 saturated heterocycles. The van der Waals surface area contributed by atoms with E-state index >= 15 is 0 Å². The van der Waals surface area contributed by atoms with E-state index in [0.29, 0.717) is 0 Å². The van der Waals surface area contributed by atoms with Gasteiger partial charge in [-0.3, -0.25) is 0 Å². The topological polar surface area (TPSA) is 24.3 Å². The summed E-state index contributed by atoms with van der Waals surface area (Å²) in [6.45, 7) is 5.61. The van der Waals surface area contributed by atoms with E-state index in [0.717, 1.165) is 56.8 Å². The monoisotopic (exact) mass is 302 g/mol. The molecule has 2 heterocycles. The third-order valence-corrected chi connectivity index (χ3v) is 4.31. The Hall–Kier alpha value is -1.72. The Morgan fingerprint density at radius 2 is 2.00 bits per heavy atom. The van der Waals surface area contributed by atoms with Crippen LogP contribution >= 0.6 is 0 Å². The van der Waals surface area contributed by atoms with Crippen molar-refractivity contribution in [1.82, 2.24) is 19.6 Å². The highest BCUT2D eigenvalue weighted by Crippen LogP contribution is 2.17. The minimum Gasteiger partial charge on any atom is -0.304 e. The molecule has 5 heteroatoms. The van der Waals surface area contributed by atoms with Gasteiger partial charge < -0.3 is 9.80 Å². The SMILES string of the molecule is CN1CCN(CCCc2cc(F)ccc2-n2cccn2)CC1. The number of benzene rings is 1. The molecule has 22 heavy (non-hydrogen) atoms. The van der Waals surface area contributed by atoms with Gasteiger partial charge in [0.2, 0.25) is 0 Å². The second kappa shape index (κ2) is 7.03. The van der Waals surface area contributed by atoms with Crippen LogP contribution in [0, 0.1) is 5.82 Å². The van der Waals surface area contributed by atoms with Crippen LogP contribution in [-0.2, 0) is 6.42 Å². The number of nitrogens with zero attached hydrogens (tertiary/aromatic N) is 4. The van der Waals surface area contributed by atoms with E-state index in [1.807, 2.05) is 23.0 Å². The first kappa shape index (κ1) is 15.2. The van der Waals surface area contributed by atoms with Crippen molar-refractivity contribution in [1.29, 1.82) is 0 Å². The summed E-state index contributed by atoms with van der Waals surface area (Å²) in [5, 5.41) is 4.26. The Bertz CT molecular complexity index is 589. The molecule has 1 fully saturated rings. The third-order valence-electron chi connectivity index (χ3n) is 4.31. The molecule has 0 amide bonds. The molecule has 0 unspecified atom stereocenters. The minimum absolute atomic E-state index is 0.175. The Kier molecular flexibility index (Phi) is 4.85.